The normalized spacial score (nSPS) is 18.5. The Kier molecular flexibility index (Phi) is 5.86. The zero-order valence-corrected chi connectivity index (χ0v) is 19.6. The van der Waals surface area contributed by atoms with E-state index in [-0.39, 0.29) is 0 Å². The number of aromatic nitrogens is 3. The molecule has 2 aromatic heterocycles. The Labute approximate surface area is 194 Å². The highest BCUT2D eigenvalue weighted by atomic mass is 16.5. The van der Waals surface area contributed by atoms with Crippen molar-refractivity contribution >= 4 is 29.3 Å². The first-order valence-corrected chi connectivity index (χ1v) is 11.4. The molecule has 0 radical (unpaired) electrons. The number of benzene rings is 1. The van der Waals surface area contributed by atoms with E-state index in [9.17, 15) is 0 Å². The van der Waals surface area contributed by atoms with Crippen molar-refractivity contribution in [3.63, 3.8) is 0 Å². The fraction of sp³-hybridized carbons (Fsp3) is 0.400. The molecule has 8 nitrogen and oxygen atoms in total. The highest BCUT2D eigenvalue weighted by Crippen LogP contribution is 2.35. The molecule has 0 atom stereocenters. The van der Waals surface area contributed by atoms with E-state index < -0.39 is 0 Å². The third-order valence-corrected chi connectivity index (χ3v) is 6.87. The van der Waals surface area contributed by atoms with Gasteiger partial charge in [0.2, 0.25) is 0 Å². The first-order chi connectivity index (χ1) is 16.1. The molecule has 2 aliphatic heterocycles. The number of likely N-dealkylation sites (N-methyl/N-ethyl adjacent to an activating group) is 1. The molecule has 2 saturated heterocycles. The number of hydrogen-bond acceptors (Lipinski definition) is 7. The number of fused-ring (bicyclic) bond motifs is 1. The van der Waals surface area contributed by atoms with Crippen molar-refractivity contribution in [3.8, 4) is 5.75 Å². The standard InChI is InChI=1S/C25H31N7O/c1-5-21(22-12-20(33-4)6-7-24(22)26-2)23-14-28-32-17-18(13-27-25(23)32)31-15-19(16-31)30-10-8-29(3)9-11-30/h5-7,12-14,17,19H,2,8-11,15-16H2,1,3-4H3/b21-5+. The molecule has 0 spiro atoms. The Morgan fingerprint density at radius 2 is 1.94 bits per heavy atom. The van der Waals surface area contributed by atoms with E-state index in [1.54, 1.807) is 7.11 Å². The summed E-state index contributed by atoms with van der Waals surface area (Å²) in [4.78, 5) is 16.4. The Morgan fingerprint density at radius 3 is 2.64 bits per heavy atom. The average Bonchev–Trinajstić information content (AvgIpc) is 3.23. The van der Waals surface area contributed by atoms with Crippen molar-refractivity contribution in [1.29, 1.82) is 0 Å². The second-order valence-electron chi connectivity index (χ2n) is 8.78. The van der Waals surface area contributed by atoms with Gasteiger partial charge in [0.05, 0.1) is 37.1 Å². The van der Waals surface area contributed by atoms with Gasteiger partial charge in [-0.1, -0.05) is 6.08 Å². The lowest BCUT2D eigenvalue weighted by Gasteiger charge is -2.48. The molecule has 8 heteroatoms. The van der Waals surface area contributed by atoms with Crippen LogP contribution in [0.4, 0.5) is 11.4 Å². The Bertz CT molecular complexity index is 1190. The number of rotatable bonds is 6. The van der Waals surface area contributed by atoms with E-state index in [1.165, 1.54) is 0 Å². The number of piperazine rings is 1. The van der Waals surface area contributed by atoms with Crippen LogP contribution in [0.3, 0.4) is 0 Å². The van der Waals surface area contributed by atoms with Crippen molar-refractivity contribution in [2.75, 3.05) is 58.3 Å². The molecule has 172 valence electrons. The summed E-state index contributed by atoms with van der Waals surface area (Å²) in [5.74, 6) is 0.774. The molecule has 0 amide bonds. The van der Waals surface area contributed by atoms with Crippen LogP contribution in [0.5, 0.6) is 5.75 Å². The molecule has 0 saturated carbocycles. The fourth-order valence-corrected chi connectivity index (χ4v) is 4.75. The van der Waals surface area contributed by atoms with Gasteiger partial charge in [0, 0.05) is 56.4 Å². The van der Waals surface area contributed by atoms with Gasteiger partial charge in [0.1, 0.15) is 5.75 Å². The van der Waals surface area contributed by atoms with Crippen LogP contribution < -0.4 is 9.64 Å². The van der Waals surface area contributed by atoms with Gasteiger partial charge in [-0.15, -0.1) is 0 Å². The first-order valence-electron chi connectivity index (χ1n) is 11.4. The Balaban J connectivity index is 1.37. The second-order valence-corrected chi connectivity index (χ2v) is 8.78. The maximum absolute atomic E-state index is 5.44. The summed E-state index contributed by atoms with van der Waals surface area (Å²) in [6.45, 7) is 12.5. The minimum absolute atomic E-state index is 0.634. The average molecular weight is 446 g/mol. The number of ether oxygens (including phenoxy) is 1. The number of anilines is 1. The van der Waals surface area contributed by atoms with Crippen LogP contribution in [0.15, 0.2) is 47.9 Å². The molecule has 0 N–H and O–H groups in total. The first kappa shape index (κ1) is 21.6. The molecular weight excluding hydrogens is 414 g/mol. The van der Waals surface area contributed by atoms with Crippen molar-refractivity contribution < 1.29 is 4.74 Å². The number of allylic oxidation sites excluding steroid dienone is 1. The van der Waals surface area contributed by atoms with Gasteiger partial charge in [-0.2, -0.15) is 5.10 Å². The van der Waals surface area contributed by atoms with Gasteiger partial charge < -0.3 is 14.5 Å². The van der Waals surface area contributed by atoms with E-state index in [0.29, 0.717) is 6.04 Å². The molecule has 2 fully saturated rings. The largest absolute Gasteiger partial charge is 0.497 e. The van der Waals surface area contributed by atoms with E-state index in [2.05, 4.69) is 50.8 Å². The quantitative estimate of drug-likeness (QED) is 0.544. The predicted molar refractivity (Wildman–Crippen MR) is 133 cm³/mol. The predicted octanol–water partition coefficient (Wildman–Crippen LogP) is 2.96. The Hall–Kier alpha value is -3.23. The molecule has 3 aromatic rings. The summed E-state index contributed by atoms with van der Waals surface area (Å²) in [5, 5.41) is 4.62. The lowest BCUT2D eigenvalue weighted by molar-refractivity contribution is 0.0963. The second kappa shape index (κ2) is 8.96. The lowest BCUT2D eigenvalue weighted by Crippen LogP contribution is -2.63. The minimum atomic E-state index is 0.634. The van der Waals surface area contributed by atoms with Crippen LogP contribution in [-0.4, -0.2) is 90.6 Å². The van der Waals surface area contributed by atoms with Gasteiger partial charge >= 0.3 is 0 Å². The van der Waals surface area contributed by atoms with Crippen LogP contribution >= 0.6 is 0 Å². The van der Waals surface area contributed by atoms with Crippen LogP contribution in [0.1, 0.15) is 18.1 Å². The molecule has 0 aliphatic carbocycles. The van der Waals surface area contributed by atoms with Crippen molar-refractivity contribution in [2.45, 2.75) is 13.0 Å². The molecule has 2 aliphatic rings. The van der Waals surface area contributed by atoms with E-state index >= 15 is 0 Å². The zero-order valence-electron chi connectivity index (χ0n) is 19.6. The van der Waals surface area contributed by atoms with Gasteiger partial charge in [-0.3, -0.25) is 9.89 Å². The maximum atomic E-state index is 5.44. The van der Waals surface area contributed by atoms with Crippen LogP contribution in [0.2, 0.25) is 0 Å². The number of nitrogens with zero attached hydrogens (tertiary/aromatic N) is 7. The number of aliphatic imine (C=N–C) groups is 1. The van der Waals surface area contributed by atoms with Crippen molar-refractivity contribution in [2.24, 2.45) is 4.99 Å². The number of methoxy groups -OCH3 is 1. The highest BCUT2D eigenvalue weighted by molar-refractivity contribution is 5.90. The molecule has 0 unspecified atom stereocenters. The van der Waals surface area contributed by atoms with Crippen molar-refractivity contribution in [3.05, 3.63) is 54.0 Å². The summed E-state index contributed by atoms with van der Waals surface area (Å²) in [7, 11) is 3.86. The summed E-state index contributed by atoms with van der Waals surface area (Å²) >= 11 is 0. The van der Waals surface area contributed by atoms with E-state index in [0.717, 1.165) is 78.7 Å². The fourth-order valence-electron chi connectivity index (χ4n) is 4.75. The summed E-state index contributed by atoms with van der Waals surface area (Å²) in [6.07, 6.45) is 7.98. The topological polar surface area (TPSA) is 61.5 Å². The van der Waals surface area contributed by atoms with E-state index in [1.807, 2.05) is 42.0 Å². The molecular formula is C25H31N7O. The summed E-state index contributed by atoms with van der Waals surface area (Å²) < 4.78 is 7.31. The van der Waals surface area contributed by atoms with Gasteiger partial charge in [0.15, 0.2) is 5.65 Å². The van der Waals surface area contributed by atoms with Crippen molar-refractivity contribution in [1.82, 2.24) is 24.4 Å². The van der Waals surface area contributed by atoms with Crippen LogP contribution in [0, 0.1) is 0 Å². The number of hydrogen-bond donors (Lipinski definition) is 0. The summed E-state index contributed by atoms with van der Waals surface area (Å²) in [5.41, 5.74) is 5.65. The van der Waals surface area contributed by atoms with E-state index in [4.69, 9.17) is 9.72 Å². The van der Waals surface area contributed by atoms with Gasteiger partial charge in [0.25, 0.3) is 0 Å². The molecule has 4 heterocycles. The smallest absolute Gasteiger partial charge is 0.162 e. The molecule has 5 rings (SSSR count). The molecule has 1 aromatic carbocycles. The SMILES string of the molecule is C=Nc1ccc(OC)cc1/C(=C\C)c1cnn2cc(N3CC(N4CCN(C)CC4)C3)cnc12. The third-order valence-electron chi connectivity index (χ3n) is 6.87. The van der Waals surface area contributed by atoms with Crippen LogP contribution in [0.25, 0.3) is 11.2 Å². The Morgan fingerprint density at radius 1 is 1.15 bits per heavy atom. The van der Waals surface area contributed by atoms with Gasteiger partial charge in [-0.25, -0.2) is 9.50 Å². The molecule has 0 bridgehead atoms. The summed E-state index contributed by atoms with van der Waals surface area (Å²) in [6, 6.07) is 6.43. The third kappa shape index (κ3) is 4.00. The minimum Gasteiger partial charge on any atom is -0.497 e. The monoisotopic (exact) mass is 445 g/mol. The maximum Gasteiger partial charge on any atom is 0.162 e. The lowest BCUT2D eigenvalue weighted by atomic mass is 9.98. The zero-order chi connectivity index (χ0) is 22.9. The van der Waals surface area contributed by atoms with Crippen LogP contribution in [-0.2, 0) is 0 Å². The molecule has 33 heavy (non-hydrogen) atoms. The highest BCUT2D eigenvalue weighted by Gasteiger charge is 2.33. The van der Waals surface area contributed by atoms with Gasteiger partial charge in [-0.05, 0) is 44.5 Å².